The minimum absolute atomic E-state index is 0.235. The average molecular weight is 173 g/mol. The van der Waals surface area contributed by atoms with E-state index in [0.717, 1.165) is 12.8 Å². The predicted octanol–water partition coefficient (Wildman–Crippen LogP) is 3.37. The molecule has 0 unspecified atom stereocenters. The maximum absolute atomic E-state index is 9.12. The SMILES string of the molecule is CCC[C@H]1C=C(Cl)C(O)=CC1. The van der Waals surface area contributed by atoms with Crippen molar-refractivity contribution in [2.24, 2.45) is 5.92 Å². The molecule has 1 atom stereocenters. The number of aliphatic hydroxyl groups is 1. The molecule has 1 rings (SSSR count). The van der Waals surface area contributed by atoms with Gasteiger partial charge in [0.15, 0.2) is 0 Å². The second-order valence-corrected chi connectivity index (χ2v) is 3.30. The normalized spacial score (nSPS) is 24.4. The molecule has 11 heavy (non-hydrogen) atoms. The van der Waals surface area contributed by atoms with Crippen molar-refractivity contribution < 1.29 is 5.11 Å². The molecule has 0 radical (unpaired) electrons. The van der Waals surface area contributed by atoms with Crippen molar-refractivity contribution in [3.63, 3.8) is 0 Å². The van der Waals surface area contributed by atoms with Crippen LogP contribution in [0.4, 0.5) is 0 Å². The lowest BCUT2D eigenvalue weighted by atomic mass is 9.95. The number of halogens is 1. The van der Waals surface area contributed by atoms with Crippen LogP contribution in [0.1, 0.15) is 26.2 Å². The van der Waals surface area contributed by atoms with Crippen LogP contribution in [-0.2, 0) is 0 Å². The van der Waals surface area contributed by atoms with E-state index in [1.165, 1.54) is 6.42 Å². The van der Waals surface area contributed by atoms with Gasteiger partial charge >= 0.3 is 0 Å². The van der Waals surface area contributed by atoms with E-state index in [4.69, 9.17) is 16.7 Å². The molecule has 62 valence electrons. The molecule has 1 N–H and O–H groups in total. The Labute approximate surface area is 72.4 Å². The van der Waals surface area contributed by atoms with Gasteiger partial charge < -0.3 is 5.11 Å². The van der Waals surface area contributed by atoms with Crippen molar-refractivity contribution in [3.05, 3.63) is 22.9 Å². The molecule has 1 nitrogen and oxygen atoms in total. The molecule has 0 aliphatic heterocycles. The zero-order chi connectivity index (χ0) is 8.27. The summed E-state index contributed by atoms with van der Waals surface area (Å²) in [5.74, 6) is 0.766. The zero-order valence-electron chi connectivity index (χ0n) is 6.68. The van der Waals surface area contributed by atoms with Gasteiger partial charge in [0.1, 0.15) is 5.76 Å². The molecule has 0 saturated heterocycles. The van der Waals surface area contributed by atoms with E-state index in [0.29, 0.717) is 11.0 Å². The van der Waals surface area contributed by atoms with Gasteiger partial charge in [-0.25, -0.2) is 0 Å². The first-order valence-electron chi connectivity index (χ1n) is 4.01. The molecule has 0 aromatic carbocycles. The summed E-state index contributed by atoms with van der Waals surface area (Å²) in [5, 5.41) is 9.63. The molecule has 0 fully saturated rings. The van der Waals surface area contributed by atoms with Crippen molar-refractivity contribution >= 4 is 11.6 Å². The Morgan fingerprint density at radius 3 is 3.00 bits per heavy atom. The van der Waals surface area contributed by atoms with Crippen molar-refractivity contribution in [2.45, 2.75) is 26.2 Å². The Morgan fingerprint density at radius 1 is 1.73 bits per heavy atom. The molecule has 0 saturated carbocycles. The third-order valence-corrected chi connectivity index (χ3v) is 2.22. The smallest absolute Gasteiger partial charge is 0.129 e. The molecule has 0 aromatic heterocycles. The van der Waals surface area contributed by atoms with E-state index in [-0.39, 0.29) is 5.76 Å². The van der Waals surface area contributed by atoms with Crippen molar-refractivity contribution in [2.75, 3.05) is 0 Å². The summed E-state index contributed by atoms with van der Waals surface area (Å²) in [6, 6.07) is 0. The highest BCUT2D eigenvalue weighted by molar-refractivity contribution is 6.31. The summed E-state index contributed by atoms with van der Waals surface area (Å²) in [4.78, 5) is 0. The van der Waals surface area contributed by atoms with Crippen LogP contribution in [0, 0.1) is 5.92 Å². The first kappa shape index (κ1) is 8.66. The van der Waals surface area contributed by atoms with E-state index in [1.54, 1.807) is 6.08 Å². The lowest BCUT2D eigenvalue weighted by Gasteiger charge is -2.14. The Hall–Kier alpha value is -0.430. The second kappa shape index (κ2) is 3.82. The maximum Gasteiger partial charge on any atom is 0.129 e. The molecule has 0 bridgehead atoms. The van der Waals surface area contributed by atoms with Gasteiger partial charge in [0.2, 0.25) is 0 Å². The first-order chi connectivity index (χ1) is 5.24. The lowest BCUT2D eigenvalue weighted by molar-refractivity contribution is 0.414. The fraction of sp³-hybridized carbons (Fsp3) is 0.556. The fourth-order valence-electron chi connectivity index (χ4n) is 1.29. The summed E-state index contributed by atoms with van der Waals surface area (Å²) in [6.45, 7) is 2.15. The quantitative estimate of drug-likeness (QED) is 0.677. The van der Waals surface area contributed by atoms with Gasteiger partial charge in [-0.05, 0) is 24.8 Å². The zero-order valence-corrected chi connectivity index (χ0v) is 7.43. The predicted molar refractivity (Wildman–Crippen MR) is 47.7 cm³/mol. The van der Waals surface area contributed by atoms with Crippen LogP contribution < -0.4 is 0 Å². The van der Waals surface area contributed by atoms with Crippen molar-refractivity contribution in [1.29, 1.82) is 0 Å². The van der Waals surface area contributed by atoms with Crippen LogP contribution >= 0.6 is 11.6 Å². The molecule has 0 spiro atoms. The van der Waals surface area contributed by atoms with E-state index >= 15 is 0 Å². The maximum atomic E-state index is 9.12. The van der Waals surface area contributed by atoms with Gasteiger partial charge in [0, 0.05) is 0 Å². The van der Waals surface area contributed by atoms with Crippen molar-refractivity contribution in [1.82, 2.24) is 0 Å². The summed E-state index contributed by atoms with van der Waals surface area (Å²) < 4.78 is 0. The van der Waals surface area contributed by atoms with Crippen LogP contribution in [0.3, 0.4) is 0 Å². The monoisotopic (exact) mass is 172 g/mol. The summed E-state index contributed by atoms with van der Waals surface area (Å²) >= 11 is 5.74. The highest BCUT2D eigenvalue weighted by atomic mass is 35.5. The number of aliphatic hydroxyl groups excluding tert-OH is 1. The van der Waals surface area contributed by atoms with Crippen LogP contribution in [0.15, 0.2) is 22.9 Å². The standard InChI is InChI=1S/C9H13ClO/c1-2-3-7-4-5-9(11)8(10)6-7/h5-7,11H,2-4H2,1H3/t7-/m1/s1. The van der Waals surface area contributed by atoms with Crippen LogP contribution in [0.2, 0.25) is 0 Å². The highest BCUT2D eigenvalue weighted by Gasteiger charge is 2.11. The van der Waals surface area contributed by atoms with Crippen LogP contribution in [0.5, 0.6) is 0 Å². The van der Waals surface area contributed by atoms with Crippen LogP contribution in [0.25, 0.3) is 0 Å². The molecule has 1 aliphatic carbocycles. The van der Waals surface area contributed by atoms with Gasteiger partial charge in [0.05, 0.1) is 5.03 Å². The lowest BCUT2D eigenvalue weighted by Crippen LogP contribution is -2.01. The van der Waals surface area contributed by atoms with Crippen LogP contribution in [-0.4, -0.2) is 5.11 Å². The van der Waals surface area contributed by atoms with Gasteiger partial charge in [-0.15, -0.1) is 0 Å². The van der Waals surface area contributed by atoms with Crippen molar-refractivity contribution in [3.8, 4) is 0 Å². The largest absolute Gasteiger partial charge is 0.507 e. The van der Waals surface area contributed by atoms with Gasteiger partial charge in [-0.1, -0.05) is 31.0 Å². The van der Waals surface area contributed by atoms with Gasteiger partial charge in [-0.3, -0.25) is 0 Å². The topological polar surface area (TPSA) is 20.2 Å². The summed E-state index contributed by atoms with van der Waals surface area (Å²) in [5.41, 5.74) is 0. The van der Waals surface area contributed by atoms with E-state index in [2.05, 4.69) is 6.92 Å². The third-order valence-electron chi connectivity index (χ3n) is 1.90. The first-order valence-corrected chi connectivity index (χ1v) is 4.38. The minimum Gasteiger partial charge on any atom is -0.507 e. The van der Waals surface area contributed by atoms with Gasteiger partial charge in [-0.2, -0.15) is 0 Å². The molecule has 1 aliphatic rings. The number of allylic oxidation sites excluding steroid dienone is 3. The Kier molecular flexibility index (Phi) is 3.01. The Balaban J connectivity index is 2.54. The molecule has 0 aromatic rings. The summed E-state index contributed by atoms with van der Waals surface area (Å²) in [7, 11) is 0. The van der Waals surface area contributed by atoms with E-state index in [9.17, 15) is 0 Å². The number of rotatable bonds is 2. The molecule has 0 amide bonds. The third kappa shape index (κ3) is 2.26. The Bertz CT molecular complexity index is 194. The Morgan fingerprint density at radius 2 is 2.45 bits per heavy atom. The molecule has 0 heterocycles. The summed E-state index contributed by atoms with van der Waals surface area (Å²) in [6.07, 6.45) is 6.98. The van der Waals surface area contributed by atoms with E-state index in [1.807, 2.05) is 6.08 Å². The molecule has 2 heteroatoms. The molecular formula is C9H13ClO. The number of hydrogen-bond donors (Lipinski definition) is 1. The highest BCUT2D eigenvalue weighted by Crippen LogP contribution is 2.26. The van der Waals surface area contributed by atoms with Gasteiger partial charge in [0.25, 0.3) is 0 Å². The minimum atomic E-state index is 0.235. The fourth-order valence-corrected chi connectivity index (χ4v) is 1.55. The number of hydrogen-bond acceptors (Lipinski definition) is 1. The van der Waals surface area contributed by atoms with E-state index < -0.39 is 0 Å². The average Bonchev–Trinajstić information content (AvgIpc) is 1.98. The second-order valence-electron chi connectivity index (χ2n) is 2.89. The molecular weight excluding hydrogens is 160 g/mol.